The predicted molar refractivity (Wildman–Crippen MR) is 70.1 cm³/mol. The molecule has 0 bridgehead atoms. The van der Waals surface area contributed by atoms with E-state index in [9.17, 15) is 9.18 Å². The smallest absolute Gasteiger partial charge is 0.254 e. The molecule has 1 aromatic heterocycles. The van der Waals surface area contributed by atoms with Crippen LogP contribution in [0.3, 0.4) is 0 Å². The van der Waals surface area contributed by atoms with Crippen LogP contribution < -0.4 is 0 Å². The Kier molecular flexibility index (Phi) is 3.94. The van der Waals surface area contributed by atoms with Gasteiger partial charge in [0, 0.05) is 25.4 Å². The maximum absolute atomic E-state index is 13.1. The zero-order valence-corrected chi connectivity index (χ0v) is 11.0. The van der Waals surface area contributed by atoms with Gasteiger partial charge >= 0.3 is 0 Å². The Labute approximate surface area is 111 Å². The van der Waals surface area contributed by atoms with Crippen molar-refractivity contribution in [2.75, 3.05) is 7.05 Å². The summed E-state index contributed by atoms with van der Waals surface area (Å²) in [6.45, 7) is 3.20. The van der Waals surface area contributed by atoms with Crippen molar-refractivity contribution < 1.29 is 9.18 Å². The van der Waals surface area contributed by atoms with Gasteiger partial charge in [-0.3, -0.25) is 9.48 Å². The molecule has 0 aliphatic carbocycles. The van der Waals surface area contributed by atoms with E-state index in [-0.39, 0.29) is 5.91 Å². The van der Waals surface area contributed by atoms with E-state index in [1.807, 2.05) is 19.2 Å². The average molecular weight is 261 g/mol. The Bertz CT molecular complexity index is 580. The molecule has 0 aliphatic rings. The normalized spacial score (nSPS) is 10.5. The van der Waals surface area contributed by atoms with E-state index in [2.05, 4.69) is 5.10 Å². The summed E-state index contributed by atoms with van der Waals surface area (Å²) in [6.07, 6.45) is 1.87. The number of amides is 1. The van der Waals surface area contributed by atoms with Gasteiger partial charge in [0.25, 0.3) is 5.91 Å². The number of nitrogens with zero attached hydrogens (tertiary/aromatic N) is 3. The molecule has 4 nitrogen and oxygen atoms in total. The summed E-state index contributed by atoms with van der Waals surface area (Å²) in [5, 5.41) is 4.31. The largest absolute Gasteiger partial charge is 0.336 e. The first-order valence-corrected chi connectivity index (χ1v) is 6.13. The molecule has 0 N–H and O–H groups in total. The van der Waals surface area contributed by atoms with Crippen molar-refractivity contribution in [2.45, 2.75) is 20.0 Å². The van der Waals surface area contributed by atoms with Crippen molar-refractivity contribution in [1.29, 1.82) is 0 Å². The highest BCUT2D eigenvalue weighted by atomic mass is 19.1. The van der Waals surface area contributed by atoms with Crippen LogP contribution in [0.25, 0.3) is 0 Å². The molecule has 0 spiro atoms. The molecule has 1 heterocycles. The van der Waals surface area contributed by atoms with Crippen LogP contribution in [0.2, 0.25) is 0 Å². The zero-order chi connectivity index (χ0) is 13.8. The number of halogens is 1. The first kappa shape index (κ1) is 13.3. The summed E-state index contributed by atoms with van der Waals surface area (Å²) in [5.41, 5.74) is 1.16. The maximum Gasteiger partial charge on any atom is 0.254 e. The van der Waals surface area contributed by atoms with Crippen LogP contribution in [-0.4, -0.2) is 27.6 Å². The molecule has 1 amide bonds. The molecule has 0 radical (unpaired) electrons. The molecule has 0 unspecified atom stereocenters. The average Bonchev–Trinajstić information content (AvgIpc) is 2.85. The summed E-state index contributed by atoms with van der Waals surface area (Å²) >= 11 is 0. The highest BCUT2D eigenvalue weighted by Crippen LogP contribution is 2.09. The van der Waals surface area contributed by atoms with Gasteiger partial charge in [0.2, 0.25) is 0 Å². The Morgan fingerprint density at radius 3 is 2.84 bits per heavy atom. The molecule has 0 saturated carbocycles. The number of rotatable bonds is 4. The van der Waals surface area contributed by atoms with Crippen molar-refractivity contribution in [3.8, 4) is 0 Å². The van der Waals surface area contributed by atoms with Gasteiger partial charge in [-0.15, -0.1) is 0 Å². The Morgan fingerprint density at radius 1 is 1.42 bits per heavy atom. The fraction of sp³-hybridized carbons (Fsp3) is 0.286. The van der Waals surface area contributed by atoms with Gasteiger partial charge in [-0.25, -0.2) is 4.39 Å². The molecule has 100 valence electrons. The summed E-state index contributed by atoms with van der Waals surface area (Å²) in [4.78, 5) is 13.6. The predicted octanol–water partition coefficient (Wildman–Crippen LogP) is 2.31. The fourth-order valence-electron chi connectivity index (χ4n) is 1.82. The lowest BCUT2D eigenvalue weighted by molar-refractivity contribution is 0.0782. The van der Waals surface area contributed by atoms with E-state index in [1.54, 1.807) is 17.8 Å². The third-order valence-electron chi connectivity index (χ3n) is 2.84. The first-order valence-electron chi connectivity index (χ1n) is 6.13. The third-order valence-corrected chi connectivity index (χ3v) is 2.84. The molecule has 5 heteroatoms. The van der Waals surface area contributed by atoms with Gasteiger partial charge in [-0.05, 0) is 31.2 Å². The first-order chi connectivity index (χ1) is 9.10. The molecule has 0 atom stereocenters. The van der Waals surface area contributed by atoms with E-state index < -0.39 is 5.82 Å². The summed E-state index contributed by atoms with van der Waals surface area (Å²) in [5.74, 6) is -0.625. The third kappa shape index (κ3) is 3.19. The number of hydrogen-bond donors (Lipinski definition) is 0. The molecular weight excluding hydrogens is 245 g/mol. The Balaban J connectivity index is 2.07. The minimum absolute atomic E-state index is 0.217. The van der Waals surface area contributed by atoms with Crippen molar-refractivity contribution in [3.63, 3.8) is 0 Å². The van der Waals surface area contributed by atoms with E-state index in [1.165, 1.54) is 23.1 Å². The number of aromatic nitrogens is 2. The lowest BCUT2D eigenvalue weighted by Crippen LogP contribution is -2.26. The standard InChI is InChI=1S/C14H16FN3O/c1-3-18-8-7-13(16-18)10-17(2)14(19)11-5-4-6-12(15)9-11/h4-9H,3,10H2,1-2H3. The van der Waals surface area contributed by atoms with Crippen LogP contribution in [0.4, 0.5) is 4.39 Å². The molecule has 2 rings (SSSR count). The number of carbonyl (C=O) groups is 1. The van der Waals surface area contributed by atoms with Gasteiger partial charge in [0.05, 0.1) is 12.2 Å². The molecule has 0 saturated heterocycles. The topological polar surface area (TPSA) is 38.1 Å². The van der Waals surface area contributed by atoms with E-state index >= 15 is 0 Å². The maximum atomic E-state index is 13.1. The number of hydrogen-bond acceptors (Lipinski definition) is 2. The molecule has 0 aliphatic heterocycles. The van der Waals surface area contributed by atoms with E-state index in [0.717, 1.165) is 12.2 Å². The minimum Gasteiger partial charge on any atom is -0.336 e. The lowest BCUT2D eigenvalue weighted by atomic mass is 10.2. The quantitative estimate of drug-likeness (QED) is 0.847. The van der Waals surface area contributed by atoms with Crippen LogP contribution in [0, 0.1) is 5.82 Å². The van der Waals surface area contributed by atoms with Crippen LogP contribution in [0.5, 0.6) is 0 Å². The second-order valence-corrected chi connectivity index (χ2v) is 4.33. The van der Waals surface area contributed by atoms with Crippen LogP contribution in [0.15, 0.2) is 36.5 Å². The van der Waals surface area contributed by atoms with Crippen molar-refractivity contribution in [1.82, 2.24) is 14.7 Å². The van der Waals surface area contributed by atoms with Gasteiger partial charge in [-0.1, -0.05) is 6.07 Å². The van der Waals surface area contributed by atoms with Gasteiger partial charge in [0.15, 0.2) is 0 Å². The summed E-state index contributed by atoms with van der Waals surface area (Å²) in [7, 11) is 1.68. The highest BCUT2D eigenvalue weighted by Gasteiger charge is 2.13. The Morgan fingerprint density at radius 2 is 2.21 bits per heavy atom. The number of aryl methyl sites for hydroxylation is 1. The van der Waals surface area contributed by atoms with Crippen LogP contribution >= 0.6 is 0 Å². The van der Waals surface area contributed by atoms with Crippen molar-refractivity contribution in [3.05, 3.63) is 53.6 Å². The number of carbonyl (C=O) groups excluding carboxylic acids is 1. The van der Waals surface area contributed by atoms with Gasteiger partial charge < -0.3 is 4.90 Å². The minimum atomic E-state index is -0.408. The van der Waals surface area contributed by atoms with E-state index in [4.69, 9.17) is 0 Å². The molecule has 2 aromatic rings. The highest BCUT2D eigenvalue weighted by molar-refractivity contribution is 5.93. The second kappa shape index (κ2) is 5.65. The molecular formula is C14H16FN3O. The summed E-state index contributed by atoms with van der Waals surface area (Å²) < 4.78 is 14.9. The van der Waals surface area contributed by atoms with E-state index in [0.29, 0.717) is 12.1 Å². The second-order valence-electron chi connectivity index (χ2n) is 4.33. The summed E-state index contributed by atoms with van der Waals surface area (Å²) in [6, 6.07) is 7.57. The fourth-order valence-corrected chi connectivity index (χ4v) is 1.82. The van der Waals surface area contributed by atoms with Crippen LogP contribution in [-0.2, 0) is 13.1 Å². The van der Waals surface area contributed by atoms with Gasteiger partial charge in [0.1, 0.15) is 5.82 Å². The SMILES string of the molecule is CCn1ccc(CN(C)C(=O)c2cccc(F)c2)n1. The van der Waals surface area contributed by atoms with Crippen molar-refractivity contribution in [2.24, 2.45) is 0 Å². The lowest BCUT2D eigenvalue weighted by Gasteiger charge is -2.15. The molecule has 0 fully saturated rings. The number of benzene rings is 1. The van der Waals surface area contributed by atoms with Crippen molar-refractivity contribution >= 4 is 5.91 Å². The van der Waals surface area contributed by atoms with Crippen LogP contribution in [0.1, 0.15) is 23.0 Å². The monoisotopic (exact) mass is 261 g/mol. The Hall–Kier alpha value is -2.17. The zero-order valence-electron chi connectivity index (χ0n) is 11.0. The molecule has 1 aromatic carbocycles. The van der Waals surface area contributed by atoms with Gasteiger partial charge in [-0.2, -0.15) is 5.10 Å². The molecule has 19 heavy (non-hydrogen) atoms.